The average Bonchev–Trinajstić information content (AvgIpc) is 2.77. The summed E-state index contributed by atoms with van der Waals surface area (Å²) in [5.41, 5.74) is 1.94. The van der Waals surface area contributed by atoms with E-state index in [1.807, 2.05) is 30.3 Å². The number of aliphatic carboxylic acids is 1. The van der Waals surface area contributed by atoms with Crippen molar-refractivity contribution in [2.45, 2.75) is 25.3 Å². The maximum absolute atomic E-state index is 11.4. The molecule has 1 fully saturated rings. The molecule has 0 amide bonds. The van der Waals surface area contributed by atoms with Crippen molar-refractivity contribution in [1.29, 1.82) is 0 Å². The predicted octanol–water partition coefficient (Wildman–Crippen LogP) is 3.19. The molecule has 7 nitrogen and oxygen atoms in total. The van der Waals surface area contributed by atoms with Gasteiger partial charge in [-0.1, -0.05) is 6.07 Å². The van der Waals surface area contributed by atoms with Crippen LogP contribution in [-0.2, 0) is 11.2 Å². The first-order valence-electron chi connectivity index (χ1n) is 9.74. The maximum Gasteiger partial charge on any atom is 0.306 e. The van der Waals surface area contributed by atoms with E-state index < -0.39 is 5.97 Å². The molecule has 0 bridgehead atoms. The number of piperidine rings is 1. The SMILES string of the molecule is COc1cc(OC)c(C(Cc2ccccn2)N2CCC(C(=O)O)CC2)cc1OC. The van der Waals surface area contributed by atoms with E-state index in [-0.39, 0.29) is 12.0 Å². The highest BCUT2D eigenvalue weighted by Gasteiger charge is 2.31. The van der Waals surface area contributed by atoms with E-state index in [9.17, 15) is 9.90 Å². The van der Waals surface area contributed by atoms with E-state index in [1.54, 1.807) is 27.5 Å². The lowest BCUT2D eigenvalue weighted by atomic mass is 9.92. The lowest BCUT2D eigenvalue weighted by molar-refractivity contribution is -0.143. The molecular formula is C22H28N2O5. The minimum absolute atomic E-state index is 0.0191. The Kier molecular flexibility index (Phi) is 6.93. The van der Waals surface area contributed by atoms with Gasteiger partial charge in [0, 0.05) is 36.0 Å². The van der Waals surface area contributed by atoms with E-state index in [1.165, 1.54) is 0 Å². The molecule has 156 valence electrons. The third kappa shape index (κ3) is 4.79. The van der Waals surface area contributed by atoms with Crippen molar-refractivity contribution < 1.29 is 24.1 Å². The number of carboxylic acid groups (broad SMARTS) is 1. The van der Waals surface area contributed by atoms with Gasteiger partial charge in [0.25, 0.3) is 0 Å². The normalized spacial score (nSPS) is 16.2. The molecule has 0 radical (unpaired) electrons. The van der Waals surface area contributed by atoms with Gasteiger partial charge in [-0.3, -0.25) is 14.7 Å². The number of carboxylic acids is 1. The monoisotopic (exact) mass is 400 g/mol. The van der Waals surface area contributed by atoms with Gasteiger partial charge in [-0.05, 0) is 44.1 Å². The molecule has 29 heavy (non-hydrogen) atoms. The Bertz CT molecular complexity index is 819. The van der Waals surface area contributed by atoms with Gasteiger partial charge in [0.15, 0.2) is 11.5 Å². The first kappa shape index (κ1) is 20.9. The molecule has 1 unspecified atom stereocenters. The highest BCUT2D eigenvalue weighted by atomic mass is 16.5. The number of likely N-dealkylation sites (tertiary alicyclic amines) is 1. The molecule has 2 aromatic rings. The van der Waals surface area contributed by atoms with Crippen molar-refractivity contribution in [3.8, 4) is 17.2 Å². The van der Waals surface area contributed by atoms with Crippen molar-refractivity contribution >= 4 is 5.97 Å². The van der Waals surface area contributed by atoms with Gasteiger partial charge in [0.2, 0.25) is 0 Å². The molecular weight excluding hydrogens is 372 g/mol. The molecule has 7 heteroatoms. The molecule has 0 spiro atoms. The Morgan fingerprint density at radius 3 is 2.31 bits per heavy atom. The molecule has 2 heterocycles. The van der Waals surface area contributed by atoms with Crippen LogP contribution in [0.25, 0.3) is 0 Å². The average molecular weight is 400 g/mol. The van der Waals surface area contributed by atoms with Crippen LogP contribution in [0.4, 0.5) is 0 Å². The number of methoxy groups -OCH3 is 3. The van der Waals surface area contributed by atoms with E-state index in [0.717, 1.165) is 11.3 Å². The van der Waals surface area contributed by atoms with Crippen LogP contribution in [-0.4, -0.2) is 55.4 Å². The Morgan fingerprint density at radius 1 is 1.10 bits per heavy atom. The zero-order chi connectivity index (χ0) is 20.8. The maximum atomic E-state index is 11.4. The van der Waals surface area contributed by atoms with E-state index >= 15 is 0 Å². The third-order valence-electron chi connectivity index (χ3n) is 5.54. The van der Waals surface area contributed by atoms with E-state index in [0.29, 0.717) is 49.6 Å². The molecule has 1 saturated heterocycles. The molecule has 1 aromatic heterocycles. The largest absolute Gasteiger partial charge is 0.496 e. The molecule has 1 aromatic carbocycles. The number of pyridine rings is 1. The van der Waals surface area contributed by atoms with Crippen molar-refractivity contribution in [3.05, 3.63) is 47.8 Å². The van der Waals surface area contributed by atoms with Crippen LogP contribution in [0.1, 0.15) is 30.1 Å². The summed E-state index contributed by atoms with van der Waals surface area (Å²) < 4.78 is 16.6. The van der Waals surface area contributed by atoms with Gasteiger partial charge in [-0.2, -0.15) is 0 Å². The first-order valence-corrected chi connectivity index (χ1v) is 9.74. The number of aromatic nitrogens is 1. The van der Waals surface area contributed by atoms with Crippen molar-refractivity contribution in [1.82, 2.24) is 9.88 Å². The standard InChI is InChI=1S/C22H28N2O5/c1-27-19-14-21(29-3)20(28-2)13-17(19)18(12-16-6-4-5-9-23-16)24-10-7-15(8-11-24)22(25)26/h4-6,9,13-15,18H,7-8,10-12H2,1-3H3,(H,25,26). The van der Waals surface area contributed by atoms with E-state index in [4.69, 9.17) is 14.2 Å². The topological polar surface area (TPSA) is 81.1 Å². The fourth-order valence-corrected chi connectivity index (χ4v) is 3.92. The second-order valence-electron chi connectivity index (χ2n) is 7.14. The number of carbonyl (C=O) groups is 1. The second kappa shape index (κ2) is 9.60. The zero-order valence-electron chi connectivity index (χ0n) is 17.1. The summed E-state index contributed by atoms with van der Waals surface area (Å²) in [6, 6.07) is 9.65. The van der Waals surface area contributed by atoms with Gasteiger partial charge in [0.1, 0.15) is 5.75 Å². The van der Waals surface area contributed by atoms with Gasteiger partial charge in [-0.25, -0.2) is 0 Å². The second-order valence-corrected chi connectivity index (χ2v) is 7.14. The lowest BCUT2D eigenvalue weighted by Gasteiger charge is -2.37. The third-order valence-corrected chi connectivity index (χ3v) is 5.54. The summed E-state index contributed by atoms with van der Waals surface area (Å²) in [5, 5.41) is 9.34. The smallest absolute Gasteiger partial charge is 0.306 e. The number of hydrogen-bond donors (Lipinski definition) is 1. The fourth-order valence-electron chi connectivity index (χ4n) is 3.92. The molecule has 1 atom stereocenters. The molecule has 3 rings (SSSR count). The van der Waals surface area contributed by atoms with Crippen LogP contribution in [0.2, 0.25) is 0 Å². The Hall–Kier alpha value is -2.80. The highest BCUT2D eigenvalue weighted by molar-refractivity contribution is 5.70. The first-order chi connectivity index (χ1) is 14.1. The minimum Gasteiger partial charge on any atom is -0.496 e. The molecule has 1 aliphatic heterocycles. The molecule has 0 saturated carbocycles. The van der Waals surface area contributed by atoms with Gasteiger partial charge in [0.05, 0.1) is 27.2 Å². The number of ether oxygens (including phenoxy) is 3. The number of benzene rings is 1. The Labute approximate surface area is 171 Å². The van der Waals surface area contributed by atoms with Crippen LogP contribution >= 0.6 is 0 Å². The van der Waals surface area contributed by atoms with E-state index in [2.05, 4.69) is 9.88 Å². The Balaban J connectivity index is 1.98. The minimum atomic E-state index is -0.713. The molecule has 0 aliphatic carbocycles. The summed E-state index contributed by atoms with van der Waals surface area (Å²) in [7, 11) is 4.85. The summed E-state index contributed by atoms with van der Waals surface area (Å²) in [4.78, 5) is 18.2. The highest BCUT2D eigenvalue weighted by Crippen LogP contribution is 2.41. The van der Waals surface area contributed by atoms with Crippen LogP contribution in [0.3, 0.4) is 0 Å². The van der Waals surface area contributed by atoms with Crippen molar-refractivity contribution in [2.75, 3.05) is 34.4 Å². The van der Waals surface area contributed by atoms with Crippen LogP contribution < -0.4 is 14.2 Å². The van der Waals surface area contributed by atoms with Gasteiger partial charge < -0.3 is 19.3 Å². The molecule has 1 N–H and O–H groups in total. The number of rotatable bonds is 8. The summed E-state index contributed by atoms with van der Waals surface area (Å²) in [5.74, 6) is 0.955. The van der Waals surface area contributed by atoms with Gasteiger partial charge >= 0.3 is 5.97 Å². The lowest BCUT2D eigenvalue weighted by Crippen LogP contribution is -2.39. The fraction of sp³-hybridized carbons (Fsp3) is 0.455. The Morgan fingerprint density at radius 2 is 1.76 bits per heavy atom. The van der Waals surface area contributed by atoms with Crippen LogP contribution in [0.15, 0.2) is 36.5 Å². The van der Waals surface area contributed by atoms with Gasteiger partial charge in [-0.15, -0.1) is 0 Å². The van der Waals surface area contributed by atoms with Crippen molar-refractivity contribution in [3.63, 3.8) is 0 Å². The number of nitrogens with zero attached hydrogens (tertiary/aromatic N) is 2. The number of hydrogen-bond acceptors (Lipinski definition) is 6. The quantitative estimate of drug-likeness (QED) is 0.729. The summed E-state index contributed by atoms with van der Waals surface area (Å²) in [6.07, 6.45) is 3.73. The van der Waals surface area contributed by atoms with Crippen LogP contribution in [0.5, 0.6) is 17.2 Å². The molecule has 1 aliphatic rings. The summed E-state index contributed by atoms with van der Waals surface area (Å²) in [6.45, 7) is 1.40. The summed E-state index contributed by atoms with van der Waals surface area (Å²) >= 11 is 0. The predicted molar refractivity (Wildman–Crippen MR) is 109 cm³/mol. The zero-order valence-corrected chi connectivity index (χ0v) is 17.1. The van der Waals surface area contributed by atoms with Crippen molar-refractivity contribution in [2.24, 2.45) is 5.92 Å². The van der Waals surface area contributed by atoms with Crippen LogP contribution in [0, 0.1) is 5.92 Å².